The summed E-state index contributed by atoms with van der Waals surface area (Å²) in [5.41, 5.74) is -3.66. The van der Waals surface area contributed by atoms with E-state index in [4.69, 9.17) is 0 Å². The van der Waals surface area contributed by atoms with Gasteiger partial charge in [0.1, 0.15) is 0 Å². The number of benzene rings is 2. The Morgan fingerprint density at radius 2 is 1.22 bits per heavy atom. The van der Waals surface area contributed by atoms with Crippen molar-refractivity contribution in [2.45, 2.75) is 12.4 Å². The molecule has 0 bridgehead atoms. The van der Waals surface area contributed by atoms with E-state index in [0.29, 0.717) is 12.1 Å². The Balaban J connectivity index is 2.73. The van der Waals surface area contributed by atoms with E-state index in [1.807, 2.05) is 0 Å². The van der Waals surface area contributed by atoms with Crippen LogP contribution in [0.25, 0.3) is 11.1 Å². The zero-order chi connectivity index (χ0) is 17.4. The van der Waals surface area contributed by atoms with Gasteiger partial charge < -0.3 is 10.0 Å². The van der Waals surface area contributed by atoms with Crippen molar-refractivity contribution in [3.8, 4) is 11.1 Å². The Morgan fingerprint density at radius 3 is 1.65 bits per heavy atom. The number of halogens is 6. The molecule has 9 heteroatoms. The molecule has 2 aromatic carbocycles. The van der Waals surface area contributed by atoms with Crippen LogP contribution in [-0.4, -0.2) is 17.2 Å². The third kappa shape index (κ3) is 3.86. The summed E-state index contributed by atoms with van der Waals surface area (Å²) in [4.78, 5) is 0. The fourth-order valence-corrected chi connectivity index (χ4v) is 2.10. The molecule has 0 saturated carbocycles. The smallest absolute Gasteiger partial charge is 0.423 e. The lowest BCUT2D eigenvalue weighted by Crippen LogP contribution is -2.31. The lowest BCUT2D eigenvalue weighted by Gasteiger charge is -2.16. The summed E-state index contributed by atoms with van der Waals surface area (Å²) in [5, 5.41) is 18.5. The molecular weight excluding hydrogens is 325 g/mol. The normalized spacial score (nSPS) is 12.3. The van der Waals surface area contributed by atoms with Crippen molar-refractivity contribution in [1.29, 1.82) is 0 Å². The van der Waals surface area contributed by atoms with Gasteiger partial charge in [-0.2, -0.15) is 26.3 Å². The van der Waals surface area contributed by atoms with Gasteiger partial charge in [0.25, 0.3) is 0 Å². The van der Waals surface area contributed by atoms with Crippen LogP contribution >= 0.6 is 0 Å². The fraction of sp³-hybridized carbons (Fsp3) is 0.143. The minimum Gasteiger partial charge on any atom is -0.423 e. The molecule has 0 atom stereocenters. The van der Waals surface area contributed by atoms with Crippen LogP contribution < -0.4 is 5.46 Å². The maximum Gasteiger partial charge on any atom is 0.489 e. The summed E-state index contributed by atoms with van der Waals surface area (Å²) in [5.74, 6) is 0. The minimum atomic E-state index is -4.97. The molecule has 0 aliphatic carbocycles. The summed E-state index contributed by atoms with van der Waals surface area (Å²) >= 11 is 0. The van der Waals surface area contributed by atoms with Gasteiger partial charge >= 0.3 is 19.5 Å². The molecule has 0 amide bonds. The number of alkyl halides is 6. The Labute approximate surface area is 127 Å². The van der Waals surface area contributed by atoms with Gasteiger partial charge in [-0.3, -0.25) is 0 Å². The van der Waals surface area contributed by atoms with Gasteiger partial charge in [-0.1, -0.05) is 24.3 Å². The van der Waals surface area contributed by atoms with Crippen LogP contribution in [0.2, 0.25) is 0 Å². The Kier molecular flexibility index (Phi) is 4.45. The van der Waals surface area contributed by atoms with E-state index in [9.17, 15) is 36.4 Å². The monoisotopic (exact) mass is 334 g/mol. The van der Waals surface area contributed by atoms with Crippen molar-refractivity contribution in [3.63, 3.8) is 0 Å². The van der Waals surface area contributed by atoms with Crippen molar-refractivity contribution < 1.29 is 36.4 Å². The van der Waals surface area contributed by atoms with Gasteiger partial charge in [-0.25, -0.2) is 0 Å². The van der Waals surface area contributed by atoms with E-state index in [1.54, 1.807) is 0 Å². The standard InChI is InChI=1S/C14H9BF6O2/c16-13(17,18)9-5-8(6-10(7-9)14(19,20)21)11-3-1-2-4-12(11)15(22)23/h1-7,22-23H. The highest BCUT2D eigenvalue weighted by molar-refractivity contribution is 6.60. The van der Waals surface area contributed by atoms with Gasteiger partial charge in [0.2, 0.25) is 0 Å². The molecule has 2 rings (SSSR count). The summed E-state index contributed by atoms with van der Waals surface area (Å²) in [6.07, 6.45) is -9.94. The van der Waals surface area contributed by atoms with Crippen LogP contribution in [0.1, 0.15) is 11.1 Å². The van der Waals surface area contributed by atoms with Crippen LogP contribution in [0, 0.1) is 0 Å². The molecule has 23 heavy (non-hydrogen) atoms. The van der Waals surface area contributed by atoms with Crippen molar-refractivity contribution in [2.24, 2.45) is 0 Å². The van der Waals surface area contributed by atoms with E-state index < -0.39 is 36.2 Å². The van der Waals surface area contributed by atoms with Crippen molar-refractivity contribution in [3.05, 3.63) is 53.6 Å². The van der Waals surface area contributed by atoms with Crippen LogP contribution in [0.5, 0.6) is 0 Å². The molecule has 0 aliphatic rings. The van der Waals surface area contributed by atoms with E-state index >= 15 is 0 Å². The van der Waals surface area contributed by atoms with Gasteiger partial charge in [-0.05, 0) is 34.8 Å². The molecular formula is C14H9BF6O2. The largest absolute Gasteiger partial charge is 0.489 e. The third-order valence-electron chi connectivity index (χ3n) is 3.14. The molecule has 0 fully saturated rings. The van der Waals surface area contributed by atoms with Crippen molar-refractivity contribution in [2.75, 3.05) is 0 Å². The average Bonchev–Trinajstić information content (AvgIpc) is 2.45. The van der Waals surface area contributed by atoms with Gasteiger partial charge in [0.15, 0.2) is 0 Å². The average molecular weight is 334 g/mol. The molecule has 2 aromatic rings. The first-order chi connectivity index (χ1) is 10.5. The summed E-state index contributed by atoms with van der Waals surface area (Å²) in [6.45, 7) is 0. The van der Waals surface area contributed by atoms with Crippen molar-refractivity contribution >= 4 is 12.6 Å². The lowest BCUT2D eigenvalue weighted by molar-refractivity contribution is -0.143. The molecule has 2 N–H and O–H groups in total. The van der Waals surface area contributed by atoms with Gasteiger partial charge in [0, 0.05) is 0 Å². The van der Waals surface area contributed by atoms with Gasteiger partial charge in [0.05, 0.1) is 11.1 Å². The van der Waals surface area contributed by atoms with E-state index in [-0.39, 0.29) is 17.1 Å². The first kappa shape index (κ1) is 17.4. The van der Waals surface area contributed by atoms with Crippen molar-refractivity contribution in [1.82, 2.24) is 0 Å². The molecule has 0 aromatic heterocycles. The molecule has 0 heterocycles. The first-order valence-electron chi connectivity index (χ1n) is 6.25. The molecule has 0 radical (unpaired) electrons. The Morgan fingerprint density at radius 1 is 0.739 bits per heavy atom. The second-order valence-corrected chi connectivity index (χ2v) is 4.76. The number of hydrogen-bond acceptors (Lipinski definition) is 2. The molecule has 0 aliphatic heterocycles. The quantitative estimate of drug-likeness (QED) is 0.655. The zero-order valence-corrected chi connectivity index (χ0v) is 11.3. The first-order valence-corrected chi connectivity index (χ1v) is 6.25. The highest BCUT2D eigenvalue weighted by atomic mass is 19.4. The SMILES string of the molecule is OB(O)c1ccccc1-c1cc(C(F)(F)F)cc(C(F)(F)F)c1. The lowest BCUT2D eigenvalue weighted by atomic mass is 9.75. The molecule has 122 valence electrons. The van der Waals surface area contributed by atoms with E-state index in [2.05, 4.69) is 0 Å². The summed E-state index contributed by atoms with van der Waals surface area (Å²) in [7, 11) is -2.03. The number of hydrogen-bond donors (Lipinski definition) is 2. The molecule has 2 nitrogen and oxygen atoms in total. The van der Waals surface area contributed by atoms with Crippen LogP contribution in [0.15, 0.2) is 42.5 Å². The highest BCUT2D eigenvalue weighted by Gasteiger charge is 2.37. The molecule has 0 saturated heterocycles. The second kappa shape index (κ2) is 5.90. The van der Waals surface area contributed by atoms with Crippen LogP contribution in [0.4, 0.5) is 26.3 Å². The van der Waals surface area contributed by atoms with Gasteiger partial charge in [-0.15, -0.1) is 0 Å². The highest BCUT2D eigenvalue weighted by Crippen LogP contribution is 2.38. The Bertz CT molecular complexity index is 677. The predicted octanol–water partition coefficient (Wildman–Crippen LogP) is 3.07. The second-order valence-electron chi connectivity index (χ2n) is 4.76. The summed E-state index contributed by atoms with van der Waals surface area (Å²) < 4.78 is 77.1. The Hall–Kier alpha value is -2.00. The van der Waals surface area contributed by atoms with E-state index in [1.165, 1.54) is 24.3 Å². The zero-order valence-electron chi connectivity index (χ0n) is 11.3. The van der Waals surface area contributed by atoms with Crippen LogP contribution in [0.3, 0.4) is 0 Å². The van der Waals surface area contributed by atoms with E-state index in [0.717, 1.165) is 0 Å². The fourth-order valence-electron chi connectivity index (χ4n) is 2.10. The maximum atomic E-state index is 12.8. The molecule has 0 spiro atoms. The summed E-state index contributed by atoms with van der Waals surface area (Å²) in [6, 6.07) is 6.26. The van der Waals surface area contributed by atoms with Crippen LogP contribution in [-0.2, 0) is 12.4 Å². The molecule has 0 unspecified atom stereocenters. The topological polar surface area (TPSA) is 40.5 Å². The maximum absolute atomic E-state index is 12.8. The third-order valence-corrected chi connectivity index (χ3v) is 3.14. The predicted molar refractivity (Wildman–Crippen MR) is 71.7 cm³/mol. The number of rotatable bonds is 2. The minimum absolute atomic E-state index is 0.0154.